The van der Waals surface area contributed by atoms with Gasteiger partial charge >= 0.3 is 5.97 Å². The highest BCUT2D eigenvalue weighted by molar-refractivity contribution is 7.99. The van der Waals surface area contributed by atoms with Gasteiger partial charge in [-0.1, -0.05) is 18.7 Å². The number of ether oxygens (including phenoxy) is 1. The lowest BCUT2D eigenvalue weighted by Crippen LogP contribution is -2.17. The summed E-state index contributed by atoms with van der Waals surface area (Å²) in [6, 6.07) is 6.54. The molecule has 0 saturated heterocycles. The zero-order valence-corrected chi connectivity index (χ0v) is 15.9. The van der Waals surface area contributed by atoms with Gasteiger partial charge in [0, 0.05) is 12.1 Å². The average Bonchev–Trinajstić information content (AvgIpc) is 2.93. The second-order valence-electron chi connectivity index (χ2n) is 5.89. The van der Waals surface area contributed by atoms with E-state index in [0.717, 1.165) is 12.8 Å². The maximum absolute atomic E-state index is 12.1. The third kappa shape index (κ3) is 5.48. The Morgan fingerprint density at radius 2 is 1.96 bits per heavy atom. The first-order valence-corrected chi connectivity index (χ1v) is 9.32. The molecular weight excluding hydrogens is 354 g/mol. The molecule has 0 unspecified atom stereocenters. The SMILES string of the molecule is CCCc1nnc(SCC(=O)Nc2ccc(C(=O)OC(C)C)cc2)n1N. The summed E-state index contributed by atoms with van der Waals surface area (Å²) in [6.45, 7) is 5.61. The normalized spacial score (nSPS) is 10.8. The molecule has 0 spiro atoms. The molecule has 1 aromatic carbocycles. The number of carbonyl (C=O) groups is 2. The number of nitrogens with two attached hydrogens (primary N) is 1. The number of carbonyl (C=O) groups excluding carboxylic acids is 2. The van der Waals surface area contributed by atoms with Gasteiger partial charge in [-0.05, 0) is 44.5 Å². The molecule has 0 aliphatic rings. The van der Waals surface area contributed by atoms with E-state index in [1.54, 1.807) is 38.1 Å². The fraction of sp³-hybridized carbons (Fsp3) is 0.412. The lowest BCUT2D eigenvalue weighted by Gasteiger charge is -2.09. The van der Waals surface area contributed by atoms with E-state index in [4.69, 9.17) is 10.6 Å². The van der Waals surface area contributed by atoms with Gasteiger partial charge in [0.1, 0.15) is 0 Å². The first-order chi connectivity index (χ1) is 12.4. The number of hydrogen-bond acceptors (Lipinski definition) is 7. The number of hydrogen-bond donors (Lipinski definition) is 2. The quantitative estimate of drug-likeness (QED) is 0.412. The molecule has 0 saturated carbocycles. The Morgan fingerprint density at radius 1 is 1.27 bits per heavy atom. The number of anilines is 1. The molecule has 0 bridgehead atoms. The van der Waals surface area contributed by atoms with E-state index in [-0.39, 0.29) is 17.8 Å². The van der Waals surface area contributed by atoms with Crippen LogP contribution >= 0.6 is 11.8 Å². The second-order valence-corrected chi connectivity index (χ2v) is 6.83. The number of nitrogens with one attached hydrogen (secondary N) is 1. The van der Waals surface area contributed by atoms with Crippen LogP contribution in [0.4, 0.5) is 5.69 Å². The Kier molecular flexibility index (Phi) is 7.02. The molecule has 2 aromatic rings. The lowest BCUT2D eigenvalue weighted by molar-refractivity contribution is -0.113. The van der Waals surface area contributed by atoms with Crippen molar-refractivity contribution in [2.24, 2.45) is 0 Å². The van der Waals surface area contributed by atoms with E-state index in [2.05, 4.69) is 15.5 Å². The van der Waals surface area contributed by atoms with Crippen LogP contribution in [0.15, 0.2) is 29.4 Å². The molecule has 3 N–H and O–H groups in total. The summed E-state index contributed by atoms with van der Waals surface area (Å²) in [5.74, 6) is 6.16. The van der Waals surface area contributed by atoms with E-state index in [9.17, 15) is 9.59 Å². The molecule has 0 atom stereocenters. The monoisotopic (exact) mass is 377 g/mol. The number of esters is 1. The summed E-state index contributed by atoms with van der Waals surface area (Å²) in [5, 5.41) is 11.2. The van der Waals surface area contributed by atoms with Crippen molar-refractivity contribution in [3.63, 3.8) is 0 Å². The molecule has 0 fully saturated rings. The molecule has 26 heavy (non-hydrogen) atoms. The largest absolute Gasteiger partial charge is 0.459 e. The summed E-state index contributed by atoms with van der Waals surface area (Å²) in [5.41, 5.74) is 1.03. The average molecular weight is 377 g/mol. The van der Waals surface area contributed by atoms with Crippen LogP contribution in [0.25, 0.3) is 0 Å². The summed E-state index contributed by atoms with van der Waals surface area (Å²) in [7, 11) is 0. The maximum Gasteiger partial charge on any atom is 0.338 e. The third-order valence-corrected chi connectivity index (χ3v) is 4.23. The summed E-state index contributed by atoms with van der Waals surface area (Å²) < 4.78 is 6.53. The van der Waals surface area contributed by atoms with Gasteiger partial charge in [0.15, 0.2) is 5.82 Å². The molecule has 1 amide bonds. The Morgan fingerprint density at radius 3 is 2.58 bits per heavy atom. The molecule has 0 radical (unpaired) electrons. The van der Waals surface area contributed by atoms with E-state index < -0.39 is 5.97 Å². The standard InChI is InChI=1S/C17H23N5O3S/c1-4-5-14-20-21-17(22(14)18)26-10-15(23)19-13-8-6-12(7-9-13)16(24)25-11(2)3/h6-9,11H,4-5,10,18H2,1-3H3,(H,19,23). The second kappa shape index (κ2) is 9.23. The lowest BCUT2D eigenvalue weighted by atomic mass is 10.2. The molecular formula is C17H23N5O3S. The van der Waals surface area contributed by atoms with Crippen molar-refractivity contribution in [2.75, 3.05) is 16.9 Å². The van der Waals surface area contributed by atoms with Gasteiger partial charge in [-0.3, -0.25) is 4.79 Å². The Balaban J connectivity index is 1.87. The van der Waals surface area contributed by atoms with Crippen LogP contribution in [0.2, 0.25) is 0 Å². The summed E-state index contributed by atoms with van der Waals surface area (Å²) >= 11 is 1.21. The van der Waals surface area contributed by atoms with Crippen molar-refractivity contribution < 1.29 is 14.3 Å². The Bertz CT molecular complexity index is 758. The van der Waals surface area contributed by atoms with Crippen LogP contribution in [-0.4, -0.2) is 38.6 Å². The van der Waals surface area contributed by atoms with Crippen molar-refractivity contribution in [1.29, 1.82) is 0 Å². The van der Waals surface area contributed by atoms with Gasteiger partial charge in [-0.2, -0.15) is 0 Å². The minimum absolute atomic E-state index is 0.151. The van der Waals surface area contributed by atoms with Crippen molar-refractivity contribution >= 4 is 29.3 Å². The molecule has 0 aliphatic heterocycles. The highest BCUT2D eigenvalue weighted by Gasteiger charge is 2.13. The van der Waals surface area contributed by atoms with Gasteiger partial charge in [0.2, 0.25) is 11.1 Å². The summed E-state index contributed by atoms with van der Waals surface area (Å²) in [4.78, 5) is 23.9. The number of thioether (sulfide) groups is 1. The molecule has 0 aliphatic carbocycles. The number of aryl methyl sites for hydroxylation is 1. The van der Waals surface area contributed by atoms with Crippen LogP contribution < -0.4 is 11.2 Å². The van der Waals surface area contributed by atoms with Gasteiger partial charge in [0.05, 0.1) is 17.4 Å². The van der Waals surface area contributed by atoms with Crippen LogP contribution in [0.5, 0.6) is 0 Å². The molecule has 140 valence electrons. The van der Waals surface area contributed by atoms with Crippen molar-refractivity contribution in [2.45, 2.75) is 44.9 Å². The highest BCUT2D eigenvalue weighted by atomic mass is 32.2. The van der Waals surface area contributed by atoms with Crippen molar-refractivity contribution in [3.05, 3.63) is 35.7 Å². The number of aromatic nitrogens is 3. The topological polar surface area (TPSA) is 112 Å². The summed E-state index contributed by atoms with van der Waals surface area (Å²) in [6.07, 6.45) is 1.48. The van der Waals surface area contributed by atoms with E-state index in [1.807, 2.05) is 6.92 Å². The number of nitrogens with zero attached hydrogens (tertiary/aromatic N) is 3. The van der Waals surface area contributed by atoms with Crippen LogP contribution in [-0.2, 0) is 16.0 Å². The van der Waals surface area contributed by atoms with Gasteiger partial charge in [0.25, 0.3) is 0 Å². The number of nitrogen functional groups attached to an aromatic ring is 1. The minimum atomic E-state index is -0.390. The van der Waals surface area contributed by atoms with E-state index >= 15 is 0 Å². The molecule has 1 heterocycles. The highest BCUT2D eigenvalue weighted by Crippen LogP contribution is 2.16. The van der Waals surface area contributed by atoms with Gasteiger partial charge in [-0.25, -0.2) is 9.47 Å². The molecule has 9 heteroatoms. The van der Waals surface area contributed by atoms with Crippen LogP contribution in [0.3, 0.4) is 0 Å². The molecule has 1 aromatic heterocycles. The van der Waals surface area contributed by atoms with Gasteiger partial charge < -0.3 is 15.9 Å². The van der Waals surface area contributed by atoms with E-state index in [1.165, 1.54) is 16.4 Å². The maximum atomic E-state index is 12.1. The zero-order chi connectivity index (χ0) is 19.1. The van der Waals surface area contributed by atoms with Crippen molar-refractivity contribution in [1.82, 2.24) is 14.9 Å². The fourth-order valence-electron chi connectivity index (χ4n) is 2.10. The van der Waals surface area contributed by atoms with Crippen LogP contribution in [0, 0.1) is 0 Å². The van der Waals surface area contributed by atoms with E-state index in [0.29, 0.717) is 22.2 Å². The number of benzene rings is 1. The number of rotatable bonds is 8. The fourth-order valence-corrected chi connectivity index (χ4v) is 2.77. The predicted octanol–water partition coefficient (Wildman–Crippen LogP) is 2.24. The van der Waals surface area contributed by atoms with Crippen LogP contribution in [0.1, 0.15) is 43.4 Å². The Labute approximate surface area is 156 Å². The molecule has 2 rings (SSSR count). The van der Waals surface area contributed by atoms with Gasteiger partial charge in [-0.15, -0.1) is 10.2 Å². The predicted molar refractivity (Wildman–Crippen MR) is 101 cm³/mol. The molecule has 8 nitrogen and oxygen atoms in total. The third-order valence-electron chi connectivity index (χ3n) is 3.29. The Hall–Kier alpha value is -2.55. The first kappa shape index (κ1) is 19.8. The minimum Gasteiger partial charge on any atom is -0.459 e. The smallest absolute Gasteiger partial charge is 0.338 e. The number of amides is 1. The van der Waals surface area contributed by atoms with Crippen molar-refractivity contribution in [3.8, 4) is 0 Å². The zero-order valence-electron chi connectivity index (χ0n) is 15.1. The first-order valence-electron chi connectivity index (χ1n) is 8.33.